The van der Waals surface area contributed by atoms with Gasteiger partial charge in [0.05, 0.1) is 13.2 Å². The summed E-state index contributed by atoms with van der Waals surface area (Å²) in [6, 6.07) is 13.2. The molecule has 1 aliphatic heterocycles. The third-order valence-corrected chi connectivity index (χ3v) is 5.37. The highest BCUT2D eigenvalue weighted by Crippen LogP contribution is 2.19. The molecule has 1 heterocycles. The first-order valence-electron chi connectivity index (χ1n) is 9.91. The van der Waals surface area contributed by atoms with Crippen LogP contribution in [-0.4, -0.2) is 50.8 Å². The quantitative estimate of drug-likeness (QED) is 0.315. The number of hydrogen-bond donors (Lipinski definition) is 2. The van der Waals surface area contributed by atoms with Crippen molar-refractivity contribution in [2.45, 2.75) is 19.5 Å². The highest BCUT2D eigenvalue weighted by Gasteiger charge is 2.13. The summed E-state index contributed by atoms with van der Waals surface area (Å²) in [5.74, 6) is 0.401. The number of aliphatic imine (C=N–C) groups is 1. The van der Waals surface area contributed by atoms with Crippen LogP contribution in [-0.2, 0) is 24.2 Å². The molecule has 3 rings (SSSR count). The van der Waals surface area contributed by atoms with Crippen LogP contribution in [0.2, 0.25) is 5.02 Å². The lowest BCUT2D eigenvalue weighted by Gasteiger charge is -2.27. The van der Waals surface area contributed by atoms with E-state index in [0.29, 0.717) is 36.1 Å². The van der Waals surface area contributed by atoms with E-state index in [2.05, 4.69) is 44.8 Å². The molecular weight excluding hydrogens is 518 g/mol. The van der Waals surface area contributed by atoms with Gasteiger partial charge in [0.2, 0.25) is 0 Å². The summed E-state index contributed by atoms with van der Waals surface area (Å²) in [5, 5.41) is 7.03. The van der Waals surface area contributed by atoms with Gasteiger partial charge in [-0.15, -0.1) is 24.0 Å². The molecule has 30 heavy (non-hydrogen) atoms. The van der Waals surface area contributed by atoms with Gasteiger partial charge in [0, 0.05) is 50.4 Å². The molecule has 1 saturated heterocycles. The lowest BCUT2D eigenvalue weighted by Crippen LogP contribution is -2.38. The van der Waals surface area contributed by atoms with E-state index in [1.54, 1.807) is 19.2 Å². The molecule has 0 bridgehead atoms. The first-order chi connectivity index (χ1) is 14.2. The lowest BCUT2D eigenvalue weighted by atomic mass is 10.1. The van der Waals surface area contributed by atoms with Crippen LogP contribution < -0.4 is 10.6 Å². The molecule has 2 N–H and O–H groups in total. The fraction of sp³-hybridized carbons (Fsp3) is 0.409. The molecule has 0 amide bonds. The van der Waals surface area contributed by atoms with E-state index in [1.165, 1.54) is 17.2 Å². The summed E-state index contributed by atoms with van der Waals surface area (Å²) >= 11 is 6.09. The Labute approximate surface area is 200 Å². The van der Waals surface area contributed by atoms with Crippen molar-refractivity contribution in [3.05, 3.63) is 70.0 Å². The van der Waals surface area contributed by atoms with Crippen molar-refractivity contribution in [2.75, 3.05) is 39.9 Å². The number of rotatable bonds is 7. The molecule has 0 atom stereocenters. The average molecular weight is 547 g/mol. The number of benzene rings is 2. The van der Waals surface area contributed by atoms with Gasteiger partial charge in [0.15, 0.2) is 5.96 Å². The van der Waals surface area contributed by atoms with Crippen molar-refractivity contribution >= 4 is 41.5 Å². The zero-order valence-electron chi connectivity index (χ0n) is 17.2. The van der Waals surface area contributed by atoms with Crippen molar-refractivity contribution < 1.29 is 9.13 Å². The standard InChI is InChI=1S/C22H28ClFN4O.HI/c1-25-22(26-10-9-19-20(23)7-4-8-21(19)24)27-15-17-5-2-3-6-18(17)16-28-11-13-29-14-12-28;/h2-8H,9-16H2,1H3,(H2,25,26,27);1H. The third kappa shape index (κ3) is 7.37. The maximum Gasteiger partial charge on any atom is 0.191 e. The van der Waals surface area contributed by atoms with Crippen molar-refractivity contribution in [3.63, 3.8) is 0 Å². The Hall–Kier alpha value is -1.42. The minimum atomic E-state index is -0.278. The Balaban J connectivity index is 0.00000320. The summed E-state index contributed by atoms with van der Waals surface area (Å²) in [4.78, 5) is 6.68. The molecule has 1 fully saturated rings. The fourth-order valence-corrected chi connectivity index (χ4v) is 3.62. The van der Waals surface area contributed by atoms with E-state index in [9.17, 15) is 4.39 Å². The molecule has 2 aromatic carbocycles. The molecule has 0 radical (unpaired) electrons. The Morgan fingerprint density at radius 3 is 2.53 bits per heavy atom. The first kappa shape index (κ1) is 24.8. The van der Waals surface area contributed by atoms with Gasteiger partial charge < -0.3 is 15.4 Å². The van der Waals surface area contributed by atoms with Crippen molar-refractivity contribution in [2.24, 2.45) is 4.99 Å². The van der Waals surface area contributed by atoms with Gasteiger partial charge >= 0.3 is 0 Å². The number of hydrogen-bond acceptors (Lipinski definition) is 3. The number of ether oxygens (including phenoxy) is 1. The summed E-state index contributed by atoms with van der Waals surface area (Å²) in [5.41, 5.74) is 3.06. The summed E-state index contributed by atoms with van der Waals surface area (Å²) < 4.78 is 19.3. The monoisotopic (exact) mass is 546 g/mol. The number of nitrogens with one attached hydrogen (secondary N) is 2. The molecule has 0 unspecified atom stereocenters. The fourth-order valence-electron chi connectivity index (χ4n) is 3.36. The molecule has 8 heteroatoms. The van der Waals surface area contributed by atoms with E-state index < -0.39 is 0 Å². The first-order valence-corrected chi connectivity index (χ1v) is 10.3. The zero-order valence-corrected chi connectivity index (χ0v) is 20.3. The highest BCUT2D eigenvalue weighted by atomic mass is 127. The van der Waals surface area contributed by atoms with Crippen molar-refractivity contribution in [1.82, 2.24) is 15.5 Å². The number of guanidine groups is 1. The van der Waals surface area contributed by atoms with Gasteiger partial charge in [-0.3, -0.25) is 9.89 Å². The van der Waals surface area contributed by atoms with E-state index in [0.717, 1.165) is 32.8 Å². The molecule has 5 nitrogen and oxygen atoms in total. The Kier molecular flexibility index (Phi) is 10.8. The normalized spacial score (nSPS) is 14.8. The average Bonchev–Trinajstić information content (AvgIpc) is 2.74. The van der Waals surface area contributed by atoms with Crippen LogP contribution >= 0.6 is 35.6 Å². The van der Waals surface area contributed by atoms with Crippen molar-refractivity contribution in [3.8, 4) is 0 Å². The van der Waals surface area contributed by atoms with Crippen LogP contribution in [0.25, 0.3) is 0 Å². The molecule has 0 spiro atoms. The van der Waals surface area contributed by atoms with Crippen LogP contribution in [0.1, 0.15) is 16.7 Å². The molecule has 0 aromatic heterocycles. The van der Waals surface area contributed by atoms with Gasteiger partial charge in [-0.1, -0.05) is 41.9 Å². The maximum absolute atomic E-state index is 13.9. The van der Waals surface area contributed by atoms with Crippen molar-refractivity contribution in [1.29, 1.82) is 0 Å². The molecule has 0 aliphatic carbocycles. The number of nitrogens with zero attached hydrogens (tertiary/aromatic N) is 2. The topological polar surface area (TPSA) is 48.9 Å². The predicted molar refractivity (Wildman–Crippen MR) is 131 cm³/mol. The molecule has 1 aliphatic rings. The Morgan fingerprint density at radius 2 is 1.83 bits per heavy atom. The van der Waals surface area contributed by atoms with E-state index >= 15 is 0 Å². The van der Waals surface area contributed by atoms with Gasteiger partial charge in [-0.2, -0.15) is 0 Å². The van der Waals surface area contributed by atoms with Crippen LogP contribution in [0.15, 0.2) is 47.5 Å². The second-order valence-electron chi connectivity index (χ2n) is 6.96. The van der Waals surface area contributed by atoms with Crippen LogP contribution in [0.3, 0.4) is 0 Å². The summed E-state index contributed by atoms with van der Waals surface area (Å²) in [6.45, 7) is 5.63. The van der Waals surface area contributed by atoms with Crippen LogP contribution in [0, 0.1) is 5.82 Å². The van der Waals surface area contributed by atoms with E-state index in [-0.39, 0.29) is 29.8 Å². The van der Waals surface area contributed by atoms with Gasteiger partial charge in [0.25, 0.3) is 0 Å². The predicted octanol–water partition coefficient (Wildman–Crippen LogP) is 3.84. The van der Waals surface area contributed by atoms with E-state index in [4.69, 9.17) is 16.3 Å². The molecular formula is C22H29ClFIN4O. The maximum atomic E-state index is 13.9. The van der Waals surface area contributed by atoms with E-state index in [1.807, 2.05) is 0 Å². The second kappa shape index (κ2) is 13.1. The highest BCUT2D eigenvalue weighted by molar-refractivity contribution is 14.0. The minimum absolute atomic E-state index is 0. The van der Waals surface area contributed by atoms with Crippen LogP contribution in [0.5, 0.6) is 0 Å². The molecule has 164 valence electrons. The SMILES string of the molecule is CN=C(NCCc1c(F)cccc1Cl)NCc1ccccc1CN1CCOCC1.I. The largest absolute Gasteiger partial charge is 0.379 e. The third-order valence-electron chi connectivity index (χ3n) is 5.02. The second-order valence-corrected chi connectivity index (χ2v) is 7.37. The van der Waals surface area contributed by atoms with Gasteiger partial charge in [0.1, 0.15) is 5.82 Å². The Bertz CT molecular complexity index is 810. The zero-order chi connectivity index (χ0) is 20.5. The number of morpholine rings is 1. The summed E-state index contributed by atoms with van der Waals surface area (Å²) in [7, 11) is 1.73. The molecule has 0 saturated carbocycles. The molecule has 2 aromatic rings. The Morgan fingerprint density at radius 1 is 1.10 bits per heavy atom. The minimum Gasteiger partial charge on any atom is -0.379 e. The summed E-state index contributed by atoms with van der Waals surface area (Å²) in [6.07, 6.45) is 0.486. The lowest BCUT2D eigenvalue weighted by molar-refractivity contribution is 0.0341. The number of halogens is 3. The smallest absolute Gasteiger partial charge is 0.191 e. The van der Waals surface area contributed by atoms with Crippen LogP contribution in [0.4, 0.5) is 4.39 Å². The van der Waals surface area contributed by atoms with Gasteiger partial charge in [-0.25, -0.2) is 4.39 Å². The van der Waals surface area contributed by atoms with Gasteiger partial charge in [-0.05, 0) is 29.7 Å².